The average molecular weight is 379 g/mol. The van der Waals surface area contributed by atoms with E-state index in [2.05, 4.69) is 29.6 Å². The molecule has 3 aromatic rings. The number of ether oxygens (including phenoxy) is 1. The molecule has 4 heteroatoms. The zero-order chi connectivity index (χ0) is 20.0. The summed E-state index contributed by atoms with van der Waals surface area (Å²) in [6, 6.07) is 25.6. The molecule has 28 heavy (non-hydrogen) atoms. The van der Waals surface area contributed by atoms with Gasteiger partial charge in [-0.2, -0.15) is 0 Å². The first-order valence-corrected chi connectivity index (χ1v) is 9.59. The van der Waals surface area contributed by atoms with Crippen LogP contribution in [0.1, 0.15) is 16.7 Å². The maximum Gasteiger partial charge on any atom is 0.119 e. The van der Waals surface area contributed by atoms with Gasteiger partial charge in [-0.15, -0.1) is 0 Å². The van der Waals surface area contributed by atoms with Crippen molar-refractivity contribution in [1.82, 2.24) is 5.32 Å². The minimum Gasteiger partial charge on any atom is -0.508 e. The number of likely N-dealkylation sites (N-methyl/N-ethyl adjacent to an activating group) is 1. The van der Waals surface area contributed by atoms with Crippen molar-refractivity contribution in [1.29, 1.82) is 0 Å². The number of hydrogen-bond acceptors (Lipinski definition) is 4. The van der Waals surface area contributed by atoms with Crippen molar-refractivity contribution < 1.29 is 9.84 Å². The summed E-state index contributed by atoms with van der Waals surface area (Å²) in [5.74, 6) is 1.23. The fourth-order valence-electron chi connectivity index (χ4n) is 2.59. The lowest BCUT2D eigenvalue weighted by molar-refractivity contribution is 0.306. The summed E-state index contributed by atoms with van der Waals surface area (Å²) < 4.78 is 5.74. The molecule has 3 rings (SSSR count). The van der Waals surface area contributed by atoms with E-state index < -0.39 is 0 Å². The Morgan fingerprint density at radius 1 is 0.786 bits per heavy atom. The molecule has 4 N–H and O–H groups in total. The summed E-state index contributed by atoms with van der Waals surface area (Å²) in [7, 11) is 1.97. The maximum atomic E-state index is 8.89. The standard InChI is InChI=1S/C16H19NO.C8H11NO/c1-17-12-11-14-7-9-16(10-8-14)18-13-15-5-3-2-4-6-15;9-6-5-7-1-3-8(10)4-2-7/h2-10,17H,11-13H2,1H3;1-4,10H,5-6,9H2. The van der Waals surface area contributed by atoms with Gasteiger partial charge in [0, 0.05) is 0 Å². The molecule has 0 aliphatic carbocycles. The lowest BCUT2D eigenvalue weighted by Crippen LogP contribution is -2.10. The van der Waals surface area contributed by atoms with Gasteiger partial charge in [-0.05, 0) is 73.9 Å². The van der Waals surface area contributed by atoms with Gasteiger partial charge in [0.1, 0.15) is 18.1 Å². The van der Waals surface area contributed by atoms with Crippen LogP contribution in [0, 0.1) is 0 Å². The number of phenols is 1. The number of nitrogens with two attached hydrogens (primary N) is 1. The number of nitrogens with one attached hydrogen (secondary N) is 1. The zero-order valence-corrected chi connectivity index (χ0v) is 16.5. The Kier molecular flexibility index (Phi) is 9.62. The maximum absolute atomic E-state index is 8.89. The van der Waals surface area contributed by atoms with Crippen LogP contribution in [0.5, 0.6) is 11.5 Å². The predicted molar refractivity (Wildman–Crippen MR) is 116 cm³/mol. The third kappa shape index (κ3) is 8.25. The Labute approximate surface area is 168 Å². The van der Waals surface area contributed by atoms with E-state index in [9.17, 15) is 0 Å². The topological polar surface area (TPSA) is 67.5 Å². The summed E-state index contributed by atoms with van der Waals surface area (Å²) in [5.41, 5.74) is 9.02. The van der Waals surface area contributed by atoms with Crippen molar-refractivity contribution in [2.75, 3.05) is 20.1 Å². The SMILES string of the molecule is CNCCc1ccc(OCc2ccccc2)cc1.NCCc1ccc(O)cc1. The van der Waals surface area contributed by atoms with Gasteiger partial charge in [0.15, 0.2) is 0 Å². The molecular formula is C24H30N2O2. The molecule has 0 amide bonds. The van der Waals surface area contributed by atoms with Crippen LogP contribution in [-0.4, -0.2) is 25.2 Å². The number of aromatic hydroxyl groups is 1. The quantitative estimate of drug-likeness (QED) is 0.556. The monoisotopic (exact) mass is 378 g/mol. The average Bonchev–Trinajstić information content (AvgIpc) is 2.74. The van der Waals surface area contributed by atoms with Gasteiger partial charge in [0.2, 0.25) is 0 Å². The van der Waals surface area contributed by atoms with Crippen molar-refractivity contribution in [3.8, 4) is 11.5 Å². The van der Waals surface area contributed by atoms with Crippen LogP contribution in [-0.2, 0) is 19.4 Å². The normalized spacial score (nSPS) is 10.1. The summed E-state index contributed by atoms with van der Waals surface area (Å²) in [5, 5.41) is 12.0. The fourth-order valence-corrected chi connectivity index (χ4v) is 2.59. The van der Waals surface area contributed by atoms with Crippen LogP contribution < -0.4 is 15.8 Å². The Balaban J connectivity index is 0.000000237. The van der Waals surface area contributed by atoms with E-state index >= 15 is 0 Å². The highest BCUT2D eigenvalue weighted by molar-refractivity contribution is 5.28. The number of rotatable bonds is 8. The van der Waals surface area contributed by atoms with Gasteiger partial charge in [0.25, 0.3) is 0 Å². The smallest absolute Gasteiger partial charge is 0.119 e. The number of phenolic OH excluding ortho intramolecular Hbond substituents is 1. The Morgan fingerprint density at radius 2 is 1.39 bits per heavy atom. The van der Waals surface area contributed by atoms with E-state index in [1.807, 2.05) is 49.5 Å². The second-order valence-corrected chi connectivity index (χ2v) is 6.48. The van der Waals surface area contributed by atoms with E-state index in [-0.39, 0.29) is 0 Å². The minimum atomic E-state index is 0.306. The Hall–Kier alpha value is -2.82. The van der Waals surface area contributed by atoms with Crippen molar-refractivity contribution in [2.24, 2.45) is 5.73 Å². The van der Waals surface area contributed by atoms with Crippen LogP contribution in [0.4, 0.5) is 0 Å². The zero-order valence-electron chi connectivity index (χ0n) is 16.5. The first kappa shape index (κ1) is 21.5. The van der Waals surface area contributed by atoms with Gasteiger partial charge in [-0.3, -0.25) is 0 Å². The van der Waals surface area contributed by atoms with Gasteiger partial charge in [-0.25, -0.2) is 0 Å². The third-order valence-corrected chi connectivity index (χ3v) is 4.20. The highest BCUT2D eigenvalue weighted by Gasteiger charge is 1.97. The molecule has 0 bridgehead atoms. The van der Waals surface area contributed by atoms with Gasteiger partial charge in [-0.1, -0.05) is 54.6 Å². The molecule has 0 aliphatic rings. The Morgan fingerprint density at radius 3 is 2.00 bits per heavy atom. The first-order chi connectivity index (χ1) is 13.7. The van der Waals surface area contributed by atoms with Crippen molar-refractivity contribution in [3.05, 3.63) is 95.6 Å². The molecule has 148 valence electrons. The van der Waals surface area contributed by atoms with E-state index in [0.717, 1.165) is 25.1 Å². The highest BCUT2D eigenvalue weighted by Crippen LogP contribution is 2.14. The molecule has 0 saturated heterocycles. The second kappa shape index (κ2) is 12.5. The highest BCUT2D eigenvalue weighted by atomic mass is 16.5. The van der Waals surface area contributed by atoms with E-state index in [1.165, 1.54) is 16.7 Å². The van der Waals surface area contributed by atoms with Crippen LogP contribution in [0.15, 0.2) is 78.9 Å². The molecule has 0 spiro atoms. The third-order valence-electron chi connectivity index (χ3n) is 4.20. The summed E-state index contributed by atoms with van der Waals surface area (Å²) in [6.07, 6.45) is 1.93. The summed E-state index contributed by atoms with van der Waals surface area (Å²) in [4.78, 5) is 0. The first-order valence-electron chi connectivity index (χ1n) is 9.59. The van der Waals surface area contributed by atoms with Crippen molar-refractivity contribution >= 4 is 0 Å². The molecule has 4 nitrogen and oxygen atoms in total. The molecule has 3 aromatic carbocycles. The molecule has 0 saturated carbocycles. The van der Waals surface area contributed by atoms with E-state index in [1.54, 1.807) is 12.1 Å². The lowest BCUT2D eigenvalue weighted by Gasteiger charge is -2.07. The molecular weight excluding hydrogens is 348 g/mol. The molecule has 0 radical (unpaired) electrons. The molecule has 0 atom stereocenters. The van der Waals surface area contributed by atoms with Crippen LogP contribution in [0.25, 0.3) is 0 Å². The molecule has 0 aliphatic heterocycles. The number of benzene rings is 3. The molecule has 0 fully saturated rings. The molecule has 0 heterocycles. The largest absolute Gasteiger partial charge is 0.508 e. The van der Waals surface area contributed by atoms with Crippen LogP contribution in [0.2, 0.25) is 0 Å². The number of hydrogen-bond donors (Lipinski definition) is 3. The van der Waals surface area contributed by atoms with Crippen molar-refractivity contribution in [2.45, 2.75) is 19.4 Å². The fraction of sp³-hybridized carbons (Fsp3) is 0.250. The van der Waals surface area contributed by atoms with Gasteiger partial charge in [0.05, 0.1) is 0 Å². The van der Waals surface area contributed by atoms with Crippen LogP contribution >= 0.6 is 0 Å². The van der Waals surface area contributed by atoms with Gasteiger partial charge >= 0.3 is 0 Å². The summed E-state index contributed by atoms with van der Waals surface area (Å²) in [6.45, 7) is 2.28. The van der Waals surface area contributed by atoms with Crippen molar-refractivity contribution in [3.63, 3.8) is 0 Å². The second-order valence-electron chi connectivity index (χ2n) is 6.48. The summed E-state index contributed by atoms with van der Waals surface area (Å²) >= 11 is 0. The Bertz CT molecular complexity index is 772. The minimum absolute atomic E-state index is 0.306. The molecule has 0 unspecified atom stereocenters. The van der Waals surface area contributed by atoms with E-state index in [4.69, 9.17) is 15.6 Å². The van der Waals surface area contributed by atoms with Crippen LogP contribution in [0.3, 0.4) is 0 Å². The van der Waals surface area contributed by atoms with E-state index in [0.29, 0.717) is 18.9 Å². The predicted octanol–water partition coefficient (Wildman–Crippen LogP) is 3.92. The van der Waals surface area contributed by atoms with Gasteiger partial charge < -0.3 is 20.9 Å². The molecule has 0 aromatic heterocycles. The lowest BCUT2D eigenvalue weighted by atomic mass is 10.1.